The average molecular weight is 494 g/mol. The normalized spacial score (nSPS) is 18.7. The number of carbonyl (C=O) groups is 2. The van der Waals surface area contributed by atoms with Gasteiger partial charge < -0.3 is 14.2 Å². The van der Waals surface area contributed by atoms with Crippen LogP contribution in [0, 0.1) is 0 Å². The maximum atomic E-state index is 13.0. The fourth-order valence-electron chi connectivity index (χ4n) is 5.11. The molecule has 1 N–H and O–H groups in total. The van der Waals surface area contributed by atoms with Gasteiger partial charge in [0.1, 0.15) is 4.90 Å². The van der Waals surface area contributed by atoms with Crippen LogP contribution in [0.3, 0.4) is 0 Å². The molecule has 1 heterocycles. The number of ether oxygens (including phenoxy) is 1. The second-order valence-corrected chi connectivity index (χ2v) is 10.4. The van der Waals surface area contributed by atoms with Crippen molar-refractivity contribution in [1.29, 1.82) is 0 Å². The van der Waals surface area contributed by atoms with Crippen molar-refractivity contribution in [3.8, 4) is 11.5 Å². The Morgan fingerprint density at radius 2 is 1.49 bits per heavy atom. The van der Waals surface area contributed by atoms with E-state index >= 15 is 0 Å². The first-order chi connectivity index (χ1) is 16.9. The van der Waals surface area contributed by atoms with Gasteiger partial charge in [-0.2, -0.15) is 8.42 Å². The van der Waals surface area contributed by atoms with Gasteiger partial charge in [0.05, 0.1) is 6.61 Å². The standard InChI is InChI=1S/C27H27NO6S/c1-2-33-24-16-17(14-15-23(24)34-35(31,32)18-8-4-3-5-9-18)25-26-19(10-6-12-21(26)29)28-20-11-7-13-22(30)27(20)25/h3-5,8-9,14-16,25,28H,2,6-7,10-13H2,1H3. The lowest BCUT2D eigenvalue weighted by Gasteiger charge is -2.37. The van der Waals surface area contributed by atoms with Gasteiger partial charge in [0.25, 0.3) is 0 Å². The van der Waals surface area contributed by atoms with E-state index in [-0.39, 0.29) is 34.6 Å². The van der Waals surface area contributed by atoms with Crippen LogP contribution >= 0.6 is 0 Å². The first kappa shape index (κ1) is 23.4. The number of rotatable bonds is 6. The fourth-order valence-corrected chi connectivity index (χ4v) is 6.07. The summed E-state index contributed by atoms with van der Waals surface area (Å²) in [6.45, 7) is 2.08. The third kappa shape index (κ3) is 4.38. The highest BCUT2D eigenvalue weighted by atomic mass is 32.2. The summed E-state index contributed by atoms with van der Waals surface area (Å²) in [7, 11) is -4.06. The minimum Gasteiger partial charge on any atom is -0.490 e. The molecule has 0 bridgehead atoms. The zero-order valence-electron chi connectivity index (χ0n) is 19.5. The van der Waals surface area contributed by atoms with Crippen LogP contribution in [0.25, 0.3) is 0 Å². The van der Waals surface area contributed by atoms with Crippen molar-refractivity contribution < 1.29 is 26.9 Å². The number of allylic oxidation sites excluding steroid dienone is 4. The summed E-state index contributed by atoms with van der Waals surface area (Å²) in [5, 5.41) is 3.40. The average Bonchev–Trinajstić information content (AvgIpc) is 2.85. The Bertz CT molecular complexity index is 1320. The molecule has 0 saturated heterocycles. The van der Waals surface area contributed by atoms with Crippen LogP contribution in [0.4, 0.5) is 0 Å². The Hall–Kier alpha value is -3.39. The van der Waals surface area contributed by atoms with E-state index in [1.165, 1.54) is 12.1 Å². The number of carbonyl (C=O) groups excluding carboxylic acids is 2. The molecule has 1 aliphatic heterocycles. The van der Waals surface area contributed by atoms with Crippen molar-refractivity contribution in [2.24, 2.45) is 0 Å². The largest absolute Gasteiger partial charge is 0.490 e. The van der Waals surface area contributed by atoms with Crippen molar-refractivity contribution in [1.82, 2.24) is 5.32 Å². The van der Waals surface area contributed by atoms with Gasteiger partial charge in [-0.15, -0.1) is 0 Å². The van der Waals surface area contributed by atoms with Crippen LogP contribution in [0.2, 0.25) is 0 Å². The first-order valence-corrected chi connectivity index (χ1v) is 13.4. The van der Waals surface area contributed by atoms with Crippen molar-refractivity contribution in [3.05, 3.63) is 76.6 Å². The number of Topliss-reactive ketones (excluding diaryl/α,β-unsaturated/α-hetero) is 2. The molecule has 0 radical (unpaired) electrons. The molecule has 0 saturated carbocycles. The predicted molar refractivity (Wildman–Crippen MR) is 130 cm³/mol. The molecule has 0 amide bonds. The van der Waals surface area contributed by atoms with Crippen LogP contribution in [-0.2, 0) is 19.7 Å². The topological polar surface area (TPSA) is 98.8 Å². The van der Waals surface area contributed by atoms with Gasteiger partial charge in [0.2, 0.25) is 0 Å². The van der Waals surface area contributed by atoms with E-state index in [4.69, 9.17) is 8.92 Å². The molecule has 2 aromatic carbocycles. The number of nitrogens with one attached hydrogen (secondary N) is 1. The van der Waals surface area contributed by atoms with Crippen LogP contribution in [0.15, 0.2) is 76.0 Å². The second kappa shape index (κ2) is 9.34. The van der Waals surface area contributed by atoms with Gasteiger partial charge >= 0.3 is 10.1 Å². The highest BCUT2D eigenvalue weighted by molar-refractivity contribution is 7.87. The van der Waals surface area contributed by atoms with E-state index < -0.39 is 16.0 Å². The molecular formula is C27H27NO6S. The first-order valence-electron chi connectivity index (χ1n) is 11.9. The summed E-state index contributed by atoms with van der Waals surface area (Å²) < 4.78 is 36.8. The Morgan fingerprint density at radius 3 is 2.09 bits per heavy atom. The van der Waals surface area contributed by atoms with E-state index in [9.17, 15) is 18.0 Å². The van der Waals surface area contributed by atoms with Crippen molar-refractivity contribution in [3.63, 3.8) is 0 Å². The van der Waals surface area contributed by atoms with Crippen LogP contribution in [0.5, 0.6) is 11.5 Å². The summed E-state index contributed by atoms with van der Waals surface area (Å²) in [5.41, 5.74) is 3.77. The minimum atomic E-state index is -4.06. The smallest absolute Gasteiger partial charge is 0.339 e. The summed E-state index contributed by atoms with van der Waals surface area (Å²) in [6.07, 6.45) is 3.98. The van der Waals surface area contributed by atoms with Gasteiger partial charge in [0.15, 0.2) is 23.1 Å². The Morgan fingerprint density at radius 1 is 0.857 bits per heavy atom. The van der Waals surface area contributed by atoms with Gasteiger partial charge in [-0.1, -0.05) is 24.3 Å². The summed E-state index contributed by atoms with van der Waals surface area (Å²) >= 11 is 0. The molecule has 3 aliphatic rings. The zero-order chi connectivity index (χ0) is 24.6. The number of ketones is 2. The number of hydrogen-bond acceptors (Lipinski definition) is 7. The molecule has 8 heteroatoms. The lowest BCUT2D eigenvalue weighted by atomic mass is 9.71. The molecule has 2 aromatic rings. The molecule has 0 fully saturated rings. The van der Waals surface area contributed by atoms with Gasteiger partial charge in [-0.3, -0.25) is 9.59 Å². The molecule has 5 rings (SSSR count). The Balaban J connectivity index is 1.59. The molecule has 0 unspecified atom stereocenters. The predicted octanol–water partition coefficient (Wildman–Crippen LogP) is 4.55. The van der Waals surface area contributed by atoms with Crippen LogP contribution in [-0.4, -0.2) is 26.6 Å². The molecule has 0 aromatic heterocycles. The zero-order valence-corrected chi connectivity index (χ0v) is 20.3. The molecule has 0 atom stereocenters. The minimum absolute atomic E-state index is 0.0371. The Kier molecular flexibility index (Phi) is 6.23. The van der Waals surface area contributed by atoms with Crippen molar-refractivity contribution in [2.75, 3.05) is 6.61 Å². The maximum Gasteiger partial charge on any atom is 0.339 e. The summed E-state index contributed by atoms with van der Waals surface area (Å²) in [6, 6.07) is 12.9. The number of hydrogen-bond donors (Lipinski definition) is 1. The highest BCUT2D eigenvalue weighted by Gasteiger charge is 2.40. The lowest BCUT2D eigenvalue weighted by Crippen LogP contribution is -2.36. The fraction of sp³-hybridized carbons (Fsp3) is 0.333. The second-order valence-electron chi connectivity index (χ2n) is 8.89. The molecule has 182 valence electrons. The maximum absolute atomic E-state index is 13.0. The molecule has 0 spiro atoms. The van der Waals surface area contributed by atoms with Gasteiger partial charge in [-0.25, -0.2) is 0 Å². The van der Waals surface area contributed by atoms with Crippen LogP contribution in [0.1, 0.15) is 56.9 Å². The third-order valence-corrected chi connectivity index (χ3v) is 7.87. The summed E-state index contributed by atoms with van der Waals surface area (Å²) in [5.74, 6) is -0.112. The van der Waals surface area contributed by atoms with Crippen molar-refractivity contribution in [2.45, 2.75) is 56.3 Å². The van der Waals surface area contributed by atoms with E-state index in [0.717, 1.165) is 37.1 Å². The SMILES string of the molecule is CCOc1cc(C2C3=C(CCCC3=O)NC3=C2C(=O)CCC3)ccc1OS(=O)(=O)c1ccccc1. The van der Waals surface area contributed by atoms with E-state index in [1.807, 2.05) is 0 Å². The molecule has 2 aliphatic carbocycles. The number of benzene rings is 2. The quantitative estimate of drug-likeness (QED) is 0.589. The molecule has 7 nitrogen and oxygen atoms in total. The van der Waals surface area contributed by atoms with Crippen molar-refractivity contribution >= 4 is 21.7 Å². The third-order valence-electron chi connectivity index (χ3n) is 6.62. The number of dihydropyridines is 1. The Labute approximate surface area is 205 Å². The molecular weight excluding hydrogens is 466 g/mol. The van der Waals surface area contributed by atoms with Crippen LogP contribution < -0.4 is 14.2 Å². The summed E-state index contributed by atoms with van der Waals surface area (Å²) in [4.78, 5) is 26.1. The van der Waals surface area contributed by atoms with E-state index in [2.05, 4.69) is 5.32 Å². The van der Waals surface area contributed by atoms with Gasteiger partial charge in [-0.05, 0) is 62.4 Å². The van der Waals surface area contributed by atoms with E-state index in [1.54, 1.807) is 43.3 Å². The van der Waals surface area contributed by atoms with Gasteiger partial charge in [0, 0.05) is 41.3 Å². The monoisotopic (exact) mass is 493 g/mol. The molecule has 35 heavy (non-hydrogen) atoms. The lowest BCUT2D eigenvalue weighted by molar-refractivity contribution is -0.117. The van der Waals surface area contributed by atoms with E-state index in [0.29, 0.717) is 29.6 Å². The highest BCUT2D eigenvalue weighted by Crippen LogP contribution is 2.46.